The number of hydrogen-bond donors (Lipinski definition) is 1. The maximum atomic E-state index is 12.4. The molecule has 0 bridgehead atoms. The van der Waals surface area contributed by atoms with Gasteiger partial charge in [0.25, 0.3) is 0 Å². The van der Waals surface area contributed by atoms with Crippen molar-refractivity contribution in [3.8, 4) is 0 Å². The molecular weight excluding hydrogens is 411 g/mol. The van der Waals surface area contributed by atoms with E-state index in [1.165, 1.54) is 10.9 Å². The highest BCUT2D eigenvalue weighted by molar-refractivity contribution is 7.57. The lowest BCUT2D eigenvalue weighted by Crippen LogP contribution is -2.22. The van der Waals surface area contributed by atoms with Gasteiger partial charge in [-0.1, -0.05) is 19.5 Å². The van der Waals surface area contributed by atoms with Crippen molar-refractivity contribution in [1.29, 1.82) is 0 Å². The molecule has 2 heterocycles. The van der Waals surface area contributed by atoms with Crippen molar-refractivity contribution in [1.82, 2.24) is 19.5 Å². The second kappa shape index (κ2) is 8.10. The average Bonchev–Trinajstić information content (AvgIpc) is 2.83. The number of imidazole rings is 1. The van der Waals surface area contributed by atoms with E-state index in [-0.39, 0.29) is 29.9 Å². The van der Waals surface area contributed by atoms with Gasteiger partial charge in [0, 0.05) is 6.54 Å². The minimum Gasteiger partial charge on any atom is -0.375 e. The Morgan fingerprint density at radius 3 is 2.31 bits per heavy atom. The number of fused-ring (bicyclic) bond motifs is 1. The Hall–Kier alpha value is -1.39. The highest BCUT2D eigenvalue weighted by Gasteiger charge is 2.38. The summed E-state index contributed by atoms with van der Waals surface area (Å²) in [5.41, 5.74) is 5.99. The van der Waals surface area contributed by atoms with Gasteiger partial charge in [-0.25, -0.2) is 4.98 Å². The molecule has 0 unspecified atom stereocenters. The molecule has 0 aliphatic carbocycles. The lowest BCUT2D eigenvalue weighted by atomic mass is 10.5. The zero-order chi connectivity index (χ0) is 19.5. The van der Waals surface area contributed by atoms with Crippen molar-refractivity contribution in [3.05, 3.63) is 11.5 Å². The van der Waals surface area contributed by atoms with Gasteiger partial charge in [-0.2, -0.15) is 36.3 Å². The summed E-state index contributed by atoms with van der Waals surface area (Å²) in [5.74, 6) is -0.0751. The average molecular weight is 424 g/mol. The number of nitrogens with two attached hydrogens (primary N) is 1. The molecule has 146 valence electrons. The van der Waals surface area contributed by atoms with Crippen LogP contribution in [0.4, 0.5) is 32.3 Å². The molecule has 2 N–H and O–H groups in total. The van der Waals surface area contributed by atoms with Crippen LogP contribution in [-0.4, -0.2) is 57.2 Å². The number of nitrogens with zero attached hydrogens (tertiary/aromatic N) is 4. The molecule has 0 saturated carbocycles. The Bertz CT molecular complexity index is 736. The fraction of sp³-hybridized carbons (Fsp3) is 0.583. The van der Waals surface area contributed by atoms with Gasteiger partial charge < -0.3 is 15.0 Å². The van der Waals surface area contributed by atoms with Crippen LogP contribution in [0.25, 0.3) is 11.2 Å². The number of ether oxygens (including phenoxy) is 1. The van der Waals surface area contributed by atoms with Crippen molar-refractivity contribution in [2.75, 3.05) is 31.0 Å². The number of anilines is 1. The third-order valence-corrected chi connectivity index (χ3v) is 5.43. The highest BCUT2D eigenvalue weighted by atomic mass is 35.5. The predicted octanol–water partition coefficient (Wildman–Crippen LogP) is 3.64. The molecule has 0 atom stereocenters. The Kier molecular flexibility index (Phi) is 6.51. The first-order chi connectivity index (χ1) is 11.9. The van der Waals surface area contributed by atoms with Gasteiger partial charge in [0.05, 0.1) is 31.6 Å². The summed E-state index contributed by atoms with van der Waals surface area (Å²) in [4.78, 5) is 11.6. The maximum Gasteiger partial charge on any atom is 0.392 e. The minimum absolute atomic E-state index is 0.0291. The summed E-state index contributed by atoms with van der Waals surface area (Å²) in [6.07, 6.45) is -11.6. The Morgan fingerprint density at radius 2 is 1.73 bits per heavy atom. The Morgan fingerprint density at radius 1 is 1.12 bits per heavy atom. The Labute approximate surface area is 149 Å². The molecule has 2 rings (SSSR count). The molecule has 26 heavy (non-hydrogen) atoms. The molecule has 2 aromatic heterocycles. The van der Waals surface area contributed by atoms with Crippen LogP contribution in [0.2, 0.25) is 5.15 Å². The van der Waals surface area contributed by atoms with Crippen LogP contribution in [0.15, 0.2) is 6.33 Å². The molecule has 0 spiro atoms. The fourth-order valence-corrected chi connectivity index (χ4v) is 4.11. The second-order valence-electron chi connectivity index (χ2n) is 5.24. The maximum absolute atomic E-state index is 12.4. The SMILES string of the molecule is Nc1nc(Cl)c2c(ncn2CCOCP(CC(F)(F)F)CC(F)(F)F)n1. The smallest absolute Gasteiger partial charge is 0.375 e. The van der Waals surface area contributed by atoms with Crippen molar-refractivity contribution in [3.63, 3.8) is 0 Å². The number of hydrogen-bond acceptors (Lipinski definition) is 5. The zero-order valence-electron chi connectivity index (χ0n) is 13.0. The molecule has 0 aliphatic rings. The quantitative estimate of drug-likeness (QED) is 0.318. The number of rotatable bonds is 7. The molecular formula is C12H13ClF6N5OP. The largest absolute Gasteiger partial charge is 0.392 e. The van der Waals surface area contributed by atoms with E-state index in [4.69, 9.17) is 22.1 Å². The first-order valence-corrected chi connectivity index (χ1v) is 9.29. The van der Waals surface area contributed by atoms with Crippen LogP contribution >= 0.6 is 19.5 Å². The molecule has 0 radical (unpaired) electrons. The van der Waals surface area contributed by atoms with E-state index in [0.29, 0.717) is 5.52 Å². The number of aromatic nitrogens is 4. The zero-order valence-corrected chi connectivity index (χ0v) is 14.6. The number of halogens is 7. The lowest BCUT2D eigenvalue weighted by molar-refractivity contribution is -0.112. The van der Waals surface area contributed by atoms with Gasteiger partial charge in [-0.15, -0.1) is 0 Å². The van der Waals surface area contributed by atoms with Crippen LogP contribution in [0.3, 0.4) is 0 Å². The minimum atomic E-state index is -4.67. The molecule has 0 amide bonds. The lowest BCUT2D eigenvalue weighted by Gasteiger charge is -2.20. The molecule has 0 aliphatic heterocycles. The van der Waals surface area contributed by atoms with Gasteiger partial charge in [0.1, 0.15) is 5.52 Å². The first kappa shape index (κ1) is 20.9. The van der Waals surface area contributed by atoms with Gasteiger partial charge in [-0.3, -0.25) is 0 Å². The van der Waals surface area contributed by atoms with Gasteiger partial charge in [0.15, 0.2) is 10.8 Å². The van der Waals surface area contributed by atoms with Crippen LogP contribution in [0.1, 0.15) is 0 Å². The van der Waals surface area contributed by atoms with E-state index in [9.17, 15) is 26.3 Å². The van der Waals surface area contributed by atoms with E-state index in [0.717, 1.165) is 0 Å². The summed E-state index contributed by atoms with van der Waals surface area (Å²) in [7, 11) is -2.42. The second-order valence-corrected chi connectivity index (χ2v) is 7.83. The van der Waals surface area contributed by atoms with Gasteiger partial charge >= 0.3 is 12.4 Å². The third-order valence-electron chi connectivity index (χ3n) is 3.00. The van der Waals surface area contributed by atoms with Crippen LogP contribution in [0.5, 0.6) is 0 Å². The van der Waals surface area contributed by atoms with Crippen LogP contribution in [-0.2, 0) is 11.3 Å². The standard InChI is InChI=1S/C12H13ClF6N5OP/c13-8-7-9(23-10(20)22-8)21-5-24(7)1-2-25-6-26(3-11(14,15)16)4-12(17,18)19/h5H,1-4,6H2,(H2,20,22,23). The van der Waals surface area contributed by atoms with E-state index in [1.54, 1.807) is 0 Å². The van der Waals surface area contributed by atoms with Crippen LogP contribution in [0, 0.1) is 0 Å². The highest BCUT2D eigenvalue weighted by Crippen LogP contribution is 2.45. The Balaban J connectivity index is 1.94. The molecule has 6 nitrogen and oxygen atoms in total. The van der Waals surface area contributed by atoms with Crippen molar-refractivity contribution >= 4 is 36.6 Å². The predicted molar refractivity (Wildman–Crippen MR) is 84.3 cm³/mol. The summed E-state index contributed by atoms with van der Waals surface area (Å²) >= 11 is 5.94. The van der Waals surface area contributed by atoms with Crippen molar-refractivity contribution in [2.24, 2.45) is 0 Å². The van der Waals surface area contributed by atoms with Gasteiger partial charge in [-0.05, 0) is 0 Å². The summed E-state index contributed by atoms with van der Waals surface area (Å²) < 4.78 is 81.0. The summed E-state index contributed by atoms with van der Waals surface area (Å²) in [6.45, 7) is -0.0224. The van der Waals surface area contributed by atoms with E-state index in [2.05, 4.69) is 15.0 Å². The topological polar surface area (TPSA) is 78.8 Å². The van der Waals surface area contributed by atoms with Crippen molar-refractivity contribution in [2.45, 2.75) is 18.9 Å². The summed E-state index contributed by atoms with van der Waals surface area (Å²) in [6, 6.07) is 0. The number of nitrogen functional groups attached to an aromatic ring is 1. The summed E-state index contributed by atoms with van der Waals surface area (Å²) in [5, 5.41) is 0.0291. The molecule has 14 heteroatoms. The van der Waals surface area contributed by atoms with Crippen LogP contribution < -0.4 is 5.73 Å². The molecule has 0 aromatic carbocycles. The molecule has 0 saturated heterocycles. The van der Waals surface area contributed by atoms with E-state index in [1.807, 2.05) is 0 Å². The first-order valence-electron chi connectivity index (χ1n) is 7.02. The third kappa shape index (κ3) is 6.40. The molecule has 2 aromatic rings. The number of alkyl halides is 6. The van der Waals surface area contributed by atoms with Crippen molar-refractivity contribution < 1.29 is 31.1 Å². The normalized spacial score (nSPS) is 13.1. The van der Waals surface area contributed by atoms with E-state index >= 15 is 0 Å². The van der Waals surface area contributed by atoms with E-state index < -0.39 is 38.9 Å². The fourth-order valence-electron chi connectivity index (χ4n) is 2.13. The monoisotopic (exact) mass is 423 g/mol. The molecule has 0 fully saturated rings. The van der Waals surface area contributed by atoms with Gasteiger partial charge in [0.2, 0.25) is 5.95 Å².